The molecule has 1 aliphatic rings. The molecular weight excluding hydrogens is 677 g/mol. The first-order valence-electron chi connectivity index (χ1n) is 10.4. The molecule has 0 atom stereocenters. The largest absolute Gasteiger partial charge is 2.00 e. The third-order valence-electron chi connectivity index (χ3n) is 3.91. The number of nitrogens with two attached hydrogens (primary N) is 2. The maximum atomic E-state index is 11.1. The minimum Gasteiger partial charge on any atom is -0.741 e. The van der Waals surface area contributed by atoms with Crippen LogP contribution in [-0.2, 0) is 60.5 Å². The van der Waals surface area contributed by atoms with E-state index >= 15 is 0 Å². The third-order valence-corrected chi connectivity index (χ3v) is 5.04. The van der Waals surface area contributed by atoms with E-state index in [9.17, 15) is 35.9 Å². The molecule has 16 nitrogen and oxygen atoms in total. The van der Waals surface area contributed by atoms with Gasteiger partial charge in [-0.05, 0) is 0 Å². The average Bonchev–Trinajstić information content (AvgIpc) is 2.72. The van der Waals surface area contributed by atoms with Crippen molar-refractivity contribution >= 4 is 32.1 Å². The number of rotatable bonds is 4. The number of carbonyl (C=O) groups is 2. The molecule has 0 saturated carbocycles. The molecule has 41 heavy (non-hydrogen) atoms. The first kappa shape index (κ1) is 46.5. The van der Waals surface area contributed by atoms with Crippen LogP contribution in [0, 0.1) is 0 Å². The van der Waals surface area contributed by atoms with E-state index in [1.165, 1.54) is 0 Å². The fraction of sp³-hybridized carbons (Fsp3) is 0.875. The Bertz CT molecular complexity index is 868. The van der Waals surface area contributed by atoms with Crippen molar-refractivity contribution < 1.29 is 98.1 Å². The molecule has 1 saturated heterocycles. The quantitative estimate of drug-likeness (QED) is 0.127. The molecule has 0 bridgehead atoms. The summed E-state index contributed by atoms with van der Waals surface area (Å²) in [4.78, 5) is 25.9. The Kier molecular flexibility index (Phi) is 25.2. The smallest absolute Gasteiger partial charge is 0.741 e. The van der Waals surface area contributed by atoms with Crippen molar-refractivity contribution in [3.05, 3.63) is 0 Å². The third kappa shape index (κ3) is 27.2. The van der Waals surface area contributed by atoms with Crippen LogP contribution in [0.2, 0.25) is 0 Å². The van der Waals surface area contributed by atoms with Crippen molar-refractivity contribution in [2.75, 3.05) is 78.9 Å². The van der Waals surface area contributed by atoms with Gasteiger partial charge < -0.3 is 40.3 Å². The molecule has 1 rings (SSSR count). The molecular formula is C16H30F6N4NiO12S2. The van der Waals surface area contributed by atoms with E-state index in [0.29, 0.717) is 65.8 Å². The first-order chi connectivity index (χ1) is 17.6. The van der Waals surface area contributed by atoms with Gasteiger partial charge in [-0.15, -0.1) is 0 Å². The predicted octanol–water partition coefficient (Wildman–Crippen LogP) is -3.10. The molecule has 0 aliphatic carbocycles. The second-order valence-electron chi connectivity index (χ2n) is 7.12. The number of nitrogens with zero attached hydrogens (tertiary/aromatic N) is 2. The zero-order valence-electron chi connectivity index (χ0n) is 20.9. The molecule has 1 aliphatic heterocycles. The first-order valence-corrected chi connectivity index (χ1v) is 13.2. The summed E-state index contributed by atoms with van der Waals surface area (Å²) < 4.78 is 134. The number of hydrogen-bond donors (Lipinski definition) is 2. The van der Waals surface area contributed by atoms with Gasteiger partial charge in [-0.3, -0.25) is 19.4 Å². The van der Waals surface area contributed by atoms with E-state index in [1.54, 1.807) is 0 Å². The number of halogens is 6. The standard InChI is InChI=1S/C14H28N4O5.2CHF3O3S.Ni.H2O/c15-13(19)11-17-1-5-21-6-2-18(12-14(16)20)4-8-23-10-9-22-7-3-17;2*2-1(3,4)8(5,6)7;;/h1-12H2,(H2,15,19)(H2,16,20);2*(H,5,6,7);;1H2/q;;;+2;/p-2. The summed E-state index contributed by atoms with van der Waals surface area (Å²) >= 11 is 0. The minimum atomic E-state index is -6.09. The van der Waals surface area contributed by atoms with E-state index < -0.39 is 31.3 Å². The van der Waals surface area contributed by atoms with Gasteiger partial charge in [0.2, 0.25) is 11.8 Å². The van der Waals surface area contributed by atoms with E-state index in [1.807, 2.05) is 9.80 Å². The normalized spacial score (nSPS) is 17.4. The minimum absolute atomic E-state index is 0. The van der Waals surface area contributed by atoms with Gasteiger partial charge in [-0.25, -0.2) is 16.8 Å². The van der Waals surface area contributed by atoms with Crippen LogP contribution in [0.25, 0.3) is 0 Å². The number of primary amides is 2. The van der Waals surface area contributed by atoms with Crippen LogP contribution in [0.4, 0.5) is 26.3 Å². The average molecular weight is 707 g/mol. The van der Waals surface area contributed by atoms with Crippen molar-refractivity contribution in [3.8, 4) is 0 Å². The summed E-state index contributed by atoms with van der Waals surface area (Å²) in [6, 6.07) is 0. The zero-order chi connectivity index (χ0) is 30.9. The van der Waals surface area contributed by atoms with Crippen LogP contribution in [0.15, 0.2) is 0 Å². The Hall–Kier alpha value is -1.41. The van der Waals surface area contributed by atoms with Crippen LogP contribution in [0.3, 0.4) is 0 Å². The monoisotopic (exact) mass is 706 g/mol. The fourth-order valence-electron chi connectivity index (χ4n) is 2.18. The molecule has 250 valence electrons. The molecule has 0 aromatic rings. The number of alkyl halides is 6. The summed E-state index contributed by atoms with van der Waals surface area (Å²) in [6.07, 6.45) is 0. The molecule has 0 aromatic carbocycles. The van der Waals surface area contributed by atoms with Gasteiger partial charge in [0.25, 0.3) is 0 Å². The topological polar surface area (TPSA) is 266 Å². The van der Waals surface area contributed by atoms with Crippen LogP contribution in [0.1, 0.15) is 0 Å². The van der Waals surface area contributed by atoms with Crippen molar-refractivity contribution in [2.45, 2.75) is 11.0 Å². The van der Waals surface area contributed by atoms with Gasteiger partial charge in [0.05, 0.1) is 52.7 Å². The molecule has 1 fully saturated rings. The maximum absolute atomic E-state index is 11.1. The van der Waals surface area contributed by atoms with E-state index in [2.05, 4.69) is 0 Å². The number of carbonyl (C=O) groups excluding carboxylic acids is 2. The van der Waals surface area contributed by atoms with E-state index in [4.69, 9.17) is 51.6 Å². The summed E-state index contributed by atoms with van der Waals surface area (Å²) in [5.41, 5.74) is -0.817. The summed E-state index contributed by atoms with van der Waals surface area (Å²) in [5, 5.41) is 0. The van der Waals surface area contributed by atoms with E-state index in [-0.39, 0.29) is 46.9 Å². The second-order valence-corrected chi connectivity index (χ2v) is 9.86. The molecule has 0 spiro atoms. The van der Waals surface area contributed by atoms with Crippen LogP contribution in [-0.4, -0.2) is 143 Å². The van der Waals surface area contributed by atoms with Gasteiger partial charge >= 0.3 is 27.5 Å². The zero-order valence-corrected chi connectivity index (χ0v) is 23.5. The SMILES string of the molecule is NC(=O)CN1CCOCCOCCN(CC(N)=O)CCOCC1.O.O=S(=O)([O-])C(F)(F)F.O=S(=O)([O-])C(F)(F)F.[Ni+2]. The summed E-state index contributed by atoms with van der Waals surface area (Å²) in [7, 11) is -12.2. The van der Waals surface area contributed by atoms with E-state index in [0.717, 1.165) is 0 Å². The van der Waals surface area contributed by atoms with Gasteiger partial charge in [0.15, 0.2) is 20.2 Å². The van der Waals surface area contributed by atoms with Crippen LogP contribution in [0.5, 0.6) is 0 Å². The van der Waals surface area contributed by atoms with Crippen LogP contribution >= 0.6 is 0 Å². The van der Waals surface area contributed by atoms with Crippen molar-refractivity contribution in [3.63, 3.8) is 0 Å². The number of ether oxygens (including phenoxy) is 3. The molecule has 2 amide bonds. The van der Waals surface area contributed by atoms with Gasteiger partial charge in [-0.1, -0.05) is 0 Å². The Morgan fingerprint density at radius 3 is 1.00 bits per heavy atom. The molecule has 0 radical (unpaired) electrons. The summed E-state index contributed by atoms with van der Waals surface area (Å²) in [6.45, 7) is 5.70. The van der Waals surface area contributed by atoms with Crippen molar-refractivity contribution in [2.24, 2.45) is 11.5 Å². The summed E-state index contributed by atoms with van der Waals surface area (Å²) in [5.74, 6) is -0.752. The number of hydrogen-bond acceptors (Lipinski definition) is 13. The van der Waals surface area contributed by atoms with Crippen LogP contribution < -0.4 is 11.5 Å². The molecule has 0 unspecified atom stereocenters. The molecule has 1 heterocycles. The van der Waals surface area contributed by atoms with Crippen molar-refractivity contribution in [1.29, 1.82) is 0 Å². The molecule has 0 aromatic heterocycles. The number of amides is 2. The Balaban J connectivity index is -0.000000315. The fourth-order valence-corrected chi connectivity index (χ4v) is 2.18. The molecule has 25 heteroatoms. The molecule has 6 N–H and O–H groups in total. The Morgan fingerprint density at radius 2 is 0.829 bits per heavy atom. The van der Waals surface area contributed by atoms with Gasteiger partial charge in [-0.2, -0.15) is 26.3 Å². The van der Waals surface area contributed by atoms with Gasteiger partial charge in [0, 0.05) is 26.2 Å². The predicted molar refractivity (Wildman–Crippen MR) is 119 cm³/mol. The Labute approximate surface area is 241 Å². The maximum Gasteiger partial charge on any atom is 2.00 e. The van der Waals surface area contributed by atoms with Crippen molar-refractivity contribution in [1.82, 2.24) is 9.80 Å². The van der Waals surface area contributed by atoms with Gasteiger partial charge in [0.1, 0.15) is 0 Å². The Morgan fingerprint density at radius 1 is 0.634 bits per heavy atom. The second kappa shape index (κ2) is 22.2.